The molecule has 0 heterocycles. The summed E-state index contributed by atoms with van der Waals surface area (Å²) in [7, 11) is -3.47. The van der Waals surface area contributed by atoms with Gasteiger partial charge in [-0.05, 0) is 42.3 Å². The number of carbonyl (C=O) groups is 1. The van der Waals surface area contributed by atoms with Gasteiger partial charge in [-0.2, -0.15) is 0 Å². The van der Waals surface area contributed by atoms with Gasteiger partial charge in [0.1, 0.15) is 0 Å². The topological polar surface area (TPSA) is 66.5 Å². The number of para-hydroxylation sites is 1. The average molecular weight is 443 g/mol. The van der Waals surface area contributed by atoms with E-state index in [1.165, 1.54) is 4.31 Å². The largest absolute Gasteiger partial charge is 0.326 e. The van der Waals surface area contributed by atoms with Crippen molar-refractivity contribution in [2.45, 2.75) is 12.8 Å². The molecule has 3 aromatic rings. The maximum atomic E-state index is 12.5. The highest BCUT2D eigenvalue weighted by Gasteiger charge is 2.18. The first-order valence-electron chi connectivity index (χ1n) is 9.52. The van der Waals surface area contributed by atoms with E-state index in [9.17, 15) is 13.2 Å². The summed E-state index contributed by atoms with van der Waals surface area (Å²) in [6.45, 7) is 0.203. The van der Waals surface area contributed by atoms with Crippen molar-refractivity contribution in [1.29, 1.82) is 0 Å². The number of anilines is 2. The lowest BCUT2D eigenvalue weighted by Crippen LogP contribution is -2.31. The third-order valence-electron chi connectivity index (χ3n) is 4.57. The average Bonchev–Trinajstić information content (AvgIpc) is 2.72. The highest BCUT2D eigenvalue weighted by Crippen LogP contribution is 2.28. The fourth-order valence-corrected chi connectivity index (χ4v) is 4.24. The van der Waals surface area contributed by atoms with E-state index in [0.717, 1.165) is 23.1 Å². The Morgan fingerprint density at radius 1 is 0.933 bits per heavy atom. The molecule has 3 aromatic carbocycles. The Morgan fingerprint density at radius 2 is 1.57 bits per heavy atom. The van der Waals surface area contributed by atoms with Crippen molar-refractivity contribution in [1.82, 2.24) is 0 Å². The summed E-state index contributed by atoms with van der Waals surface area (Å²) in [4.78, 5) is 12.5. The molecule has 1 amide bonds. The van der Waals surface area contributed by atoms with Crippen molar-refractivity contribution in [3.63, 3.8) is 0 Å². The molecular weight excluding hydrogens is 420 g/mol. The molecule has 1 N–H and O–H groups in total. The normalized spacial score (nSPS) is 11.1. The van der Waals surface area contributed by atoms with E-state index in [0.29, 0.717) is 17.1 Å². The fourth-order valence-electron chi connectivity index (χ4n) is 3.15. The monoisotopic (exact) mass is 442 g/mol. The maximum Gasteiger partial charge on any atom is 0.232 e. The van der Waals surface area contributed by atoms with Gasteiger partial charge in [0.2, 0.25) is 15.9 Å². The van der Waals surface area contributed by atoms with Crippen LogP contribution in [0, 0.1) is 0 Å². The standard InChI is InChI=1S/C23H23ClN2O3S/c1-30(28,29)26(20-15-13-19(24)14-16-20)17-7-12-23(27)25-22-11-6-5-10-21(22)18-8-3-2-4-9-18/h2-6,8-11,13-16H,7,12,17H2,1H3,(H,25,27). The van der Waals surface area contributed by atoms with Gasteiger partial charge in [-0.3, -0.25) is 9.10 Å². The predicted octanol–water partition coefficient (Wildman–Crippen LogP) is 5.19. The second-order valence-electron chi connectivity index (χ2n) is 6.87. The summed E-state index contributed by atoms with van der Waals surface area (Å²) in [6.07, 6.45) is 1.73. The molecule has 0 aliphatic rings. The van der Waals surface area contributed by atoms with Crippen molar-refractivity contribution >= 4 is 38.9 Å². The molecule has 0 saturated heterocycles. The van der Waals surface area contributed by atoms with Gasteiger partial charge in [-0.1, -0.05) is 60.1 Å². The number of rotatable bonds is 8. The van der Waals surface area contributed by atoms with Crippen molar-refractivity contribution in [3.8, 4) is 11.1 Å². The lowest BCUT2D eigenvalue weighted by Gasteiger charge is -2.22. The van der Waals surface area contributed by atoms with E-state index in [-0.39, 0.29) is 18.9 Å². The molecule has 0 fully saturated rings. The molecule has 30 heavy (non-hydrogen) atoms. The SMILES string of the molecule is CS(=O)(=O)N(CCCC(=O)Nc1ccccc1-c1ccccc1)c1ccc(Cl)cc1. The number of nitrogens with zero attached hydrogens (tertiary/aromatic N) is 1. The van der Waals surface area contributed by atoms with Crippen LogP contribution < -0.4 is 9.62 Å². The van der Waals surface area contributed by atoms with Gasteiger partial charge >= 0.3 is 0 Å². The minimum absolute atomic E-state index is 0.164. The Kier molecular flexibility index (Phi) is 7.13. The first kappa shape index (κ1) is 21.9. The van der Waals surface area contributed by atoms with Crippen LogP contribution in [0.5, 0.6) is 0 Å². The molecule has 5 nitrogen and oxygen atoms in total. The van der Waals surface area contributed by atoms with Crippen molar-refractivity contribution < 1.29 is 13.2 Å². The highest BCUT2D eigenvalue weighted by molar-refractivity contribution is 7.92. The first-order valence-corrected chi connectivity index (χ1v) is 11.7. The second-order valence-corrected chi connectivity index (χ2v) is 9.22. The number of hydrogen-bond acceptors (Lipinski definition) is 3. The van der Waals surface area contributed by atoms with Gasteiger partial charge in [-0.25, -0.2) is 8.42 Å². The van der Waals surface area contributed by atoms with Gasteiger partial charge in [0.15, 0.2) is 0 Å². The van der Waals surface area contributed by atoms with Gasteiger partial charge in [0, 0.05) is 29.2 Å². The molecule has 156 valence electrons. The van der Waals surface area contributed by atoms with Crippen LogP contribution in [-0.2, 0) is 14.8 Å². The Morgan fingerprint density at radius 3 is 2.23 bits per heavy atom. The molecule has 0 aliphatic heterocycles. The molecular formula is C23H23ClN2O3S. The summed E-state index contributed by atoms with van der Waals surface area (Å²) in [5.74, 6) is -0.164. The molecule has 0 bridgehead atoms. The second kappa shape index (κ2) is 9.78. The zero-order valence-corrected chi connectivity index (χ0v) is 18.2. The van der Waals surface area contributed by atoms with Crippen LogP contribution in [0.3, 0.4) is 0 Å². The lowest BCUT2D eigenvalue weighted by atomic mass is 10.0. The van der Waals surface area contributed by atoms with Crippen LogP contribution in [0.4, 0.5) is 11.4 Å². The summed E-state index contributed by atoms with van der Waals surface area (Å²) < 4.78 is 25.6. The number of halogens is 1. The summed E-state index contributed by atoms with van der Waals surface area (Å²) in [6, 6.07) is 24.0. The van der Waals surface area contributed by atoms with Crippen LogP contribution in [0.1, 0.15) is 12.8 Å². The molecule has 0 radical (unpaired) electrons. The number of nitrogens with one attached hydrogen (secondary N) is 1. The number of carbonyl (C=O) groups excluding carboxylic acids is 1. The Labute approximate surface area is 182 Å². The molecule has 0 saturated carbocycles. The van der Waals surface area contributed by atoms with E-state index in [4.69, 9.17) is 11.6 Å². The number of hydrogen-bond donors (Lipinski definition) is 1. The Balaban J connectivity index is 1.64. The van der Waals surface area contributed by atoms with Crippen molar-refractivity contribution in [2.75, 3.05) is 22.4 Å². The molecule has 7 heteroatoms. The molecule has 0 spiro atoms. The third kappa shape index (κ3) is 5.84. The maximum absolute atomic E-state index is 12.5. The van der Waals surface area contributed by atoms with Gasteiger partial charge < -0.3 is 5.32 Å². The minimum Gasteiger partial charge on any atom is -0.326 e. The zero-order valence-electron chi connectivity index (χ0n) is 16.6. The number of sulfonamides is 1. The summed E-state index contributed by atoms with van der Waals surface area (Å²) in [5, 5.41) is 3.48. The molecule has 0 atom stereocenters. The minimum atomic E-state index is -3.47. The van der Waals surface area contributed by atoms with Crippen molar-refractivity contribution in [3.05, 3.63) is 83.9 Å². The fraction of sp³-hybridized carbons (Fsp3) is 0.174. The smallest absolute Gasteiger partial charge is 0.232 e. The van der Waals surface area contributed by atoms with Crippen LogP contribution >= 0.6 is 11.6 Å². The summed E-state index contributed by atoms with van der Waals surface area (Å²) in [5.41, 5.74) is 3.20. The van der Waals surface area contributed by atoms with Crippen LogP contribution in [0.15, 0.2) is 78.9 Å². The van der Waals surface area contributed by atoms with Gasteiger partial charge in [-0.15, -0.1) is 0 Å². The molecule has 0 unspecified atom stereocenters. The van der Waals surface area contributed by atoms with Crippen LogP contribution in [-0.4, -0.2) is 27.1 Å². The number of benzene rings is 3. The van der Waals surface area contributed by atoms with E-state index >= 15 is 0 Å². The molecule has 0 aliphatic carbocycles. The molecule has 0 aromatic heterocycles. The Hall–Kier alpha value is -2.83. The van der Waals surface area contributed by atoms with Crippen molar-refractivity contribution in [2.24, 2.45) is 0 Å². The first-order chi connectivity index (χ1) is 14.3. The van der Waals surface area contributed by atoms with E-state index < -0.39 is 10.0 Å². The third-order valence-corrected chi connectivity index (χ3v) is 6.01. The number of amides is 1. The zero-order chi connectivity index (χ0) is 21.6. The van der Waals surface area contributed by atoms with E-state index in [1.807, 2.05) is 54.6 Å². The van der Waals surface area contributed by atoms with E-state index in [2.05, 4.69) is 5.32 Å². The predicted molar refractivity (Wildman–Crippen MR) is 123 cm³/mol. The van der Waals surface area contributed by atoms with Crippen LogP contribution in [0.2, 0.25) is 5.02 Å². The molecule has 3 rings (SSSR count). The van der Waals surface area contributed by atoms with Gasteiger partial charge in [0.05, 0.1) is 11.9 Å². The van der Waals surface area contributed by atoms with E-state index in [1.54, 1.807) is 24.3 Å². The Bertz CT molecular complexity index is 1100. The van der Waals surface area contributed by atoms with Gasteiger partial charge in [0.25, 0.3) is 0 Å². The quantitative estimate of drug-likeness (QED) is 0.521. The lowest BCUT2D eigenvalue weighted by molar-refractivity contribution is -0.116. The van der Waals surface area contributed by atoms with Crippen LogP contribution in [0.25, 0.3) is 11.1 Å². The highest BCUT2D eigenvalue weighted by atomic mass is 35.5. The summed E-state index contributed by atoms with van der Waals surface area (Å²) >= 11 is 5.89.